The van der Waals surface area contributed by atoms with E-state index in [0.29, 0.717) is 0 Å². The molecule has 0 fully saturated rings. The predicted octanol–water partition coefficient (Wildman–Crippen LogP) is 2.91. The number of methoxy groups -OCH3 is 1. The van der Waals surface area contributed by atoms with Gasteiger partial charge in [-0.3, -0.25) is 0 Å². The van der Waals surface area contributed by atoms with Crippen molar-refractivity contribution >= 4 is 26.7 Å². The first-order chi connectivity index (χ1) is 7.28. The topological polar surface area (TPSA) is 34.1 Å². The van der Waals surface area contributed by atoms with Crippen LogP contribution in [-0.4, -0.2) is 19.1 Å². The number of anilines is 1. The summed E-state index contributed by atoms with van der Waals surface area (Å²) in [6.45, 7) is 2.13. The summed E-state index contributed by atoms with van der Waals surface area (Å²) in [4.78, 5) is 4.53. The zero-order chi connectivity index (χ0) is 10.8. The van der Waals surface area contributed by atoms with Crippen molar-refractivity contribution in [1.29, 1.82) is 0 Å². The molecule has 1 heterocycles. The minimum atomic E-state index is 0.908. The summed E-state index contributed by atoms with van der Waals surface area (Å²) in [6, 6.07) is 4.09. The number of nitrogens with zero attached hydrogens (tertiary/aromatic N) is 1. The monoisotopic (exact) mass is 222 g/mol. The lowest BCUT2D eigenvalue weighted by atomic mass is 10.1. The first kappa shape index (κ1) is 10.2. The van der Waals surface area contributed by atoms with Crippen LogP contribution in [0.2, 0.25) is 0 Å². The summed E-state index contributed by atoms with van der Waals surface area (Å²) < 4.78 is 6.44. The van der Waals surface area contributed by atoms with Crippen LogP contribution in [0.15, 0.2) is 12.1 Å². The van der Waals surface area contributed by atoms with Gasteiger partial charge >= 0.3 is 0 Å². The molecule has 2 rings (SSSR count). The van der Waals surface area contributed by atoms with Gasteiger partial charge in [0.05, 0.1) is 17.3 Å². The third-order valence-electron chi connectivity index (χ3n) is 2.38. The molecule has 15 heavy (non-hydrogen) atoms. The van der Waals surface area contributed by atoms with Crippen molar-refractivity contribution in [1.82, 2.24) is 4.98 Å². The Morgan fingerprint density at radius 2 is 2.27 bits per heavy atom. The van der Waals surface area contributed by atoms with E-state index in [1.54, 1.807) is 18.4 Å². The molecule has 4 heteroatoms. The largest absolute Gasteiger partial charge is 0.497 e. The molecule has 0 aliphatic rings. The Labute approximate surface area is 93.1 Å². The van der Waals surface area contributed by atoms with Crippen molar-refractivity contribution in [2.24, 2.45) is 0 Å². The molecular formula is C11H14N2OS. The molecule has 0 atom stereocenters. The maximum absolute atomic E-state index is 5.27. The number of nitrogens with one attached hydrogen (secondary N) is 1. The van der Waals surface area contributed by atoms with Gasteiger partial charge in [-0.05, 0) is 24.1 Å². The van der Waals surface area contributed by atoms with Gasteiger partial charge in [0, 0.05) is 7.05 Å². The summed E-state index contributed by atoms with van der Waals surface area (Å²) in [6.07, 6.45) is 0.973. The predicted molar refractivity (Wildman–Crippen MR) is 65.1 cm³/mol. The van der Waals surface area contributed by atoms with Crippen molar-refractivity contribution in [3.8, 4) is 5.75 Å². The SMILES string of the molecule is CCc1cc(OC)cc2sc(NC)nc12. The molecule has 2 aromatic rings. The average molecular weight is 222 g/mol. The van der Waals surface area contributed by atoms with E-state index in [9.17, 15) is 0 Å². The van der Waals surface area contributed by atoms with Crippen molar-refractivity contribution in [3.63, 3.8) is 0 Å². The van der Waals surface area contributed by atoms with Crippen LogP contribution in [0.5, 0.6) is 5.75 Å². The van der Waals surface area contributed by atoms with Crippen LogP contribution in [0.3, 0.4) is 0 Å². The lowest BCUT2D eigenvalue weighted by Crippen LogP contribution is -1.88. The van der Waals surface area contributed by atoms with E-state index in [0.717, 1.165) is 22.8 Å². The number of hydrogen-bond acceptors (Lipinski definition) is 4. The number of hydrogen-bond donors (Lipinski definition) is 1. The van der Waals surface area contributed by atoms with Crippen LogP contribution in [-0.2, 0) is 6.42 Å². The third kappa shape index (κ3) is 1.77. The fourth-order valence-corrected chi connectivity index (χ4v) is 2.46. The molecule has 0 amide bonds. The van der Waals surface area contributed by atoms with Crippen molar-refractivity contribution in [2.75, 3.05) is 19.5 Å². The molecule has 1 N–H and O–H groups in total. The highest BCUT2D eigenvalue weighted by molar-refractivity contribution is 7.22. The summed E-state index contributed by atoms with van der Waals surface area (Å²) in [7, 11) is 3.58. The van der Waals surface area contributed by atoms with E-state index in [1.807, 2.05) is 13.1 Å². The Bertz CT molecular complexity index is 479. The second-order valence-electron chi connectivity index (χ2n) is 3.26. The fourth-order valence-electron chi connectivity index (χ4n) is 1.57. The van der Waals surface area contributed by atoms with Crippen LogP contribution >= 0.6 is 11.3 Å². The second-order valence-corrected chi connectivity index (χ2v) is 4.29. The molecule has 0 spiro atoms. The second kappa shape index (κ2) is 4.06. The Hall–Kier alpha value is -1.29. The van der Waals surface area contributed by atoms with Crippen molar-refractivity contribution < 1.29 is 4.74 Å². The summed E-state index contributed by atoms with van der Waals surface area (Å²) in [5.74, 6) is 0.908. The van der Waals surface area contributed by atoms with Crippen LogP contribution in [0.4, 0.5) is 5.13 Å². The molecule has 0 unspecified atom stereocenters. The summed E-state index contributed by atoms with van der Waals surface area (Å²) >= 11 is 1.65. The fraction of sp³-hybridized carbons (Fsp3) is 0.364. The van der Waals surface area contributed by atoms with E-state index in [4.69, 9.17) is 4.74 Å². The first-order valence-electron chi connectivity index (χ1n) is 4.93. The van der Waals surface area contributed by atoms with Crippen molar-refractivity contribution in [3.05, 3.63) is 17.7 Å². The first-order valence-corrected chi connectivity index (χ1v) is 5.75. The van der Waals surface area contributed by atoms with Gasteiger partial charge in [0.25, 0.3) is 0 Å². The molecule has 1 aromatic heterocycles. The molecule has 0 saturated carbocycles. The minimum absolute atomic E-state index is 0.908. The maximum atomic E-state index is 5.27. The zero-order valence-corrected chi connectivity index (χ0v) is 9.94. The normalized spacial score (nSPS) is 10.6. The van der Waals surface area contributed by atoms with Crippen molar-refractivity contribution in [2.45, 2.75) is 13.3 Å². The Balaban J connectivity index is 2.66. The highest BCUT2D eigenvalue weighted by Gasteiger charge is 2.08. The zero-order valence-electron chi connectivity index (χ0n) is 9.13. The van der Waals surface area contributed by atoms with Gasteiger partial charge in [-0.1, -0.05) is 18.3 Å². The van der Waals surface area contributed by atoms with E-state index >= 15 is 0 Å². The van der Waals surface area contributed by atoms with E-state index in [2.05, 4.69) is 23.3 Å². The number of fused-ring (bicyclic) bond motifs is 1. The number of benzene rings is 1. The third-order valence-corrected chi connectivity index (χ3v) is 3.40. The van der Waals surface area contributed by atoms with Crippen LogP contribution in [0, 0.1) is 0 Å². The molecule has 0 bridgehead atoms. The standard InChI is InChI=1S/C11H14N2OS/c1-4-7-5-8(14-3)6-9-10(7)13-11(12-2)15-9/h5-6H,4H2,1-3H3,(H,12,13). The highest BCUT2D eigenvalue weighted by atomic mass is 32.1. The number of rotatable bonds is 3. The van der Waals surface area contributed by atoms with Crippen LogP contribution < -0.4 is 10.1 Å². The van der Waals surface area contributed by atoms with E-state index in [1.165, 1.54) is 10.3 Å². The lowest BCUT2D eigenvalue weighted by Gasteiger charge is -2.02. The average Bonchev–Trinajstić information content (AvgIpc) is 2.70. The molecule has 3 nitrogen and oxygen atoms in total. The maximum Gasteiger partial charge on any atom is 0.183 e. The Morgan fingerprint density at radius 3 is 2.87 bits per heavy atom. The lowest BCUT2D eigenvalue weighted by molar-refractivity contribution is 0.415. The summed E-state index contributed by atoms with van der Waals surface area (Å²) in [5.41, 5.74) is 2.33. The molecule has 0 aliphatic carbocycles. The van der Waals surface area contributed by atoms with Gasteiger partial charge < -0.3 is 10.1 Å². The molecular weight excluding hydrogens is 208 g/mol. The van der Waals surface area contributed by atoms with Gasteiger partial charge in [0.15, 0.2) is 5.13 Å². The molecule has 0 saturated heterocycles. The van der Waals surface area contributed by atoms with Gasteiger partial charge in [-0.15, -0.1) is 0 Å². The van der Waals surface area contributed by atoms with Crippen LogP contribution in [0.1, 0.15) is 12.5 Å². The van der Waals surface area contributed by atoms with Gasteiger partial charge in [0.2, 0.25) is 0 Å². The molecule has 1 aromatic carbocycles. The van der Waals surface area contributed by atoms with E-state index in [-0.39, 0.29) is 0 Å². The summed E-state index contributed by atoms with van der Waals surface area (Å²) in [5, 5.41) is 4.02. The molecule has 80 valence electrons. The van der Waals surface area contributed by atoms with Gasteiger partial charge in [-0.2, -0.15) is 0 Å². The van der Waals surface area contributed by atoms with Crippen LogP contribution in [0.25, 0.3) is 10.2 Å². The number of aryl methyl sites for hydroxylation is 1. The quantitative estimate of drug-likeness (QED) is 0.867. The number of ether oxygens (including phenoxy) is 1. The van der Waals surface area contributed by atoms with E-state index < -0.39 is 0 Å². The Kier molecular flexibility index (Phi) is 2.77. The smallest absolute Gasteiger partial charge is 0.183 e. The van der Waals surface area contributed by atoms with Gasteiger partial charge in [0.1, 0.15) is 5.75 Å². The molecule has 0 radical (unpaired) electrons. The van der Waals surface area contributed by atoms with Gasteiger partial charge in [-0.25, -0.2) is 4.98 Å². The highest BCUT2D eigenvalue weighted by Crippen LogP contribution is 2.32. The minimum Gasteiger partial charge on any atom is -0.497 e. The number of thiazole rings is 1. The Morgan fingerprint density at radius 1 is 1.47 bits per heavy atom. The molecule has 0 aliphatic heterocycles. The number of aromatic nitrogens is 1.